The molecule has 0 aromatic heterocycles. The van der Waals surface area contributed by atoms with Crippen LogP contribution in [0.2, 0.25) is 0 Å². The molecule has 2 aromatic rings. The second-order valence-electron chi connectivity index (χ2n) is 5.28. The summed E-state index contributed by atoms with van der Waals surface area (Å²) in [5.74, 6) is 12.1. The normalized spacial score (nSPS) is 9.08. The van der Waals surface area contributed by atoms with Gasteiger partial charge in [-0.25, -0.2) is 0 Å². The maximum atomic E-state index is 8.64. The minimum absolute atomic E-state index is 0.186. The lowest BCUT2D eigenvalue weighted by Crippen LogP contribution is -1.81. The largest absolute Gasteiger partial charge is 0.396 e. The van der Waals surface area contributed by atoms with Crippen LogP contribution in [0.4, 0.5) is 0 Å². The van der Waals surface area contributed by atoms with Gasteiger partial charge in [-0.1, -0.05) is 67.7 Å². The molecular formula is C22H22Br2O2. The third-order valence-electron chi connectivity index (χ3n) is 3.03. The van der Waals surface area contributed by atoms with Gasteiger partial charge in [-0.3, -0.25) is 0 Å². The number of aliphatic hydroxyl groups is 2. The molecule has 0 aliphatic rings. The van der Waals surface area contributed by atoms with Crippen molar-refractivity contribution in [2.75, 3.05) is 13.2 Å². The second-order valence-corrected chi connectivity index (χ2v) is 7.11. The number of hydrogen-bond donors (Lipinski definition) is 2. The standard InChI is InChI=1S/C16H18O2.C6H4Br2/c17-12-5-1-3-8-15-10-7-11-16(14-15)9-4-2-6-13-18;7-5-2-1-3-6(8)4-5/h7,10-11,14,17-18H,1-2,5-6,12-13H2;1-4H. The predicted molar refractivity (Wildman–Crippen MR) is 115 cm³/mol. The van der Waals surface area contributed by atoms with E-state index in [9.17, 15) is 0 Å². The second kappa shape index (κ2) is 14.6. The summed E-state index contributed by atoms with van der Waals surface area (Å²) in [7, 11) is 0. The Morgan fingerprint density at radius 2 is 1.15 bits per heavy atom. The number of halogens is 2. The van der Waals surface area contributed by atoms with Gasteiger partial charge < -0.3 is 10.2 Å². The van der Waals surface area contributed by atoms with Crippen molar-refractivity contribution in [3.63, 3.8) is 0 Å². The Hall–Kier alpha value is -1.56. The number of rotatable bonds is 4. The van der Waals surface area contributed by atoms with Crippen molar-refractivity contribution in [1.82, 2.24) is 0 Å². The highest BCUT2D eigenvalue weighted by Gasteiger charge is 1.89. The molecular weight excluding hydrogens is 456 g/mol. The summed E-state index contributed by atoms with van der Waals surface area (Å²) in [5, 5.41) is 17.3. The minimum Gasteiger partial charge on any atom is -0.396 e. The van der Waals surface area contributed by atoms with Crippen LogP contribution in [0.1, 0.15) is 36.8 Å². The van der Waals surface area contributed by atoms with Gasteiger partial charge in [-0.15, -0.1) is 0 Å². The molecule has 0 saturated carbocycles. The molecule has 26 heavy (non-hydrogen) atoms. The van der Waals surface area contributed by atoms with E-state index >= 15 is 0 Å². The summed E-state index contributed by atoms with van der Waals surface area (Å²) in [6.45, 7) is 0.371. The molecule has 0 radical (unpaired) electrons. The van der Waals surface area contributed by atoms with E-state index < -0.39 is 0 Å². The van der Waals surface area contributed by atoms with Crippen molar-refractivity contribution in [2.45, 2.75) is 25.7 Å². The molecule has 0 bridgehead atoms. The van der Waals surface area contributed by atoms with Crippen molar-refractivity contribution in [3.8, 4) is 23.7 Å². The van der Waals surface area contributed by atoms with E-state index in [0.29, 0.717) is 25.7 Å². The lowest BCUT2D eigenvalue weighted by Gasteiger charge is -1.92. The molecule has 2 rings (SSSR count). The van der Waals surface area contributed by atoms with E-state index in [1.165, 1.54) is 0 Å². The highest BCUT2D eigenvalue weighted by atomic mass is 79.9. The molecule has 0 unspecified atom stereocenters. The summed E-state index contributed by atoms with van der Waals surface area (Å²) in [5.41, 5.74) is 1.89. The van der Waals surface area contributed by atoms with Crippen LogP contribution >= 0.6 is 31.9 Å². The summed E-state index contributed by atoms with van der Waals surface area (Å²) in [6, 6.07) is 15.8. The number of benzene rings is 2. The Morgan fingerprint density at radius 3 is 1.54 bits per heavy atom. The van der Waals surface area contributed by atoms with Crippen molar-refractivity contribution in [3.05, 3.63) is 68.6 Å². The molecule has 0 spiro atoms. The van der Waals surface area contributed by atoms with Crippen LogP contribution < -0.4 is 0 Å². The summed E-state index contributed by atoms with van der Waals surface area (Å²) < 4.78 is 2.21. The Bertz CT molecular complexity index is 721. The highest BCUT2D eigenvalue weighted by molar-refractivity contribution is 9.11. The van der Waals surface area contributed by atoms with Gasteiger partial charge in [0.25, 0.3) is 0 Å². The van der Waals surface area contributed by atoms with E-state index in [4.69, 9.17) is 10.2 Å². The van der Waals surface area contributed by atoms with E-state index in [0.717, 1.165) is 20.1 Å². The first-order valence-electron chi connectivity index (χ1n) is 8.36. The summed E-state index contributed by atoms with van der Waals surface area (Å²) in [6.07, 6.45) is 2.85. The number of unbranched alkanes of at least 4 members (excludes halogenated alkanes) is 2. The van der Waals surface area contributed by atoms with Gasteiger partial charge in [0.15, 0.2) is 0 Å². The van der Waals surface area contributed by atoms with Crippen LogP contribution in [0.3, 0.4) is 0 Å². The molecule has 136 valence electrons. The van der Waals surface area contributed by atoms with Gasteiger partial charge in [0.2, 0.25) is 0 Å². The van der Waals surface area contributed by atoms with Gasteiger partial charge in [0, 0.05) is 46.1 Å². The fourth-order valence-electron chi connectivity index (χ4n) is 1.80. The van der Waals surface area contributed by atoms with Crippen molar-refractivity contribution < 1.29 is 10.2 Å². The Labute approximate surface area is 172 Å². The zero-order valence-electron chi connectivity index (χ0n) is 14.5. The van der Waals surface area contributed by atoms with Gasteiger partial charge in [-0.05, 0) is 49.2 Å². The molecule has 2 N–H and O–H groups in total. The van der Waals surface area contributed by atoms with E-state index in [1.54, 1.807) is 0 Å². The molecule has 0 saturated heterocycles. The third kappa shape index (κ3) is 11.1. The number of hydrogen-bond acceptors (Lipinski definition) is 2. The van der Waals surface area contributed by atoms with Crippen LogP contribution in [0.15, 0.2) is 57.5 Å². The number of aliphatic hydroxyl groups excluding tert-OH is 2. The van der Waals surface area contributed by atoms with Crippen LogP contribution in [-0.4, -0.2) is 23.4 Å². The predicted octanol–water partition coefficient (Wildman–Crippen LogP) is 5.15. The van der Waals surface area contributed by atoms with Gasteiger partial charge in [-0.2, -0.15) is 0 Å². The van der Waals surface area contributed by atoms with Crippen LogP contribution in [-0.2, 0) is 0 Å². The lowest BCUT2D eigenvalue weighted by atomic mass is 10.1. The van der Waals surface area contributed by atoms with Crippen LogP contribution in [0.25, 0.3) is 0 Å². The molecule has 0 fully saturated rings. The van der Waals surface area contributed by atoms with Crippen LogP contribution in [0, 0.1) is 23.7 Å². The SMILES string of the molecule is Brc1cccc(Br)c1.OCCCC#Cc1cccc(C#CCCCO)c1. The van der Waals surface area contributed by atoms with E-state index in [1.807, 2.05) is 48.5 Å². The Morgan fingerprint density at radius 1 is 0.692 bits per heavy atom. The maximum absolute atomic E-state index is 8.64. The fraction of sp³-hybridized carbons (Fsp3) is 0.273. The molecule has 0 aliphatic carbocycles. The maximum Gasteiger partial charge on any atom is 0.0440 e. The topological polar surface area (TPSA) is 40.5 Å². The first kappa shape index (κ1) is 22.5. The van der Waals surface area contributed by atoms with Crippen molar-refractivity contribution >= 4 is 31.9 Å². The first-order valence-corrected chi connectivity index (χ1v) is 9.95. The Balaban J connectivity index is 0.000000350. The van der Waals surface area contributed by atoms with E-state index in [2.05, 4.69) is 55.5 Å². The lowest BCUT2D eigenvalue weighted by molar-refractivity contribution is 0.290. The monoisotopic (exact) mass is 476 g/mol. The van der Waals surface area contributed by atoms with Crippen molar-refractivity contribution in [2.24, 2.45) is 0 Å². The first-order chi connectivity index (χ1) is 12.7. The average molecular weight is 478 g/mol. The average Bonchev–Trinajstić information content (AvgIpc) is 2.63. The molecule has 4 heteroatoms. The van der Waals surface area contributed by atoms with E-state index in [-0.39, 0.29) is 13.2 Å². The van der Waals surface area contributed by atoms with Crippen molar-refractivity contribution in [1.29, 1.82) is 0 Å². The highest BCUT2D eigenvalue weighted by Crippen LogP contribution is 2.15. The molecule has 2 nitrogen and oxygen atoms in total. The third-order valence-corrected chi connectivity index (χ3v) is 4.02. The molecule has 2 aromatic carbocycles. The molecule has 0 aliphatic heterocycles. The molecule has 0 heterocycles. The van der Waals surface area contributed by atoms with Gasteiger partial charge >= 0.3 is 0 Å². The zero-order chi connectivity index (χ0) is 19.0. The Kier molecular flexibility index (Phi) is 12.6. The zero-order valence-corrected chi connectivity index (χ0v) is 17.7. The molecule has 0 atom stereocenters. The quantitative estimate of drug-likeness (QED) is 0.472. The minimum atomic E-state index is 0.186. The summed E-state index contributed by atoms with van der Waals surface area (Å²) in [4.78, 5) is 0. The van der Waals surface area contributed by atoms with Gasteiger partial charge in [0.1, 0.15) is 0 Å². The van der Waals surface area contributed by atoms with Crippen LogP contribution in [0.5, 0.6) is 0 Å². The summed E-state index contributed by atoms with van der Waals surface area (Å²) >= 11 is 6.66. The smallest absolute Gasteiger partial charge is 0.0440 e. The van der Waals surface area contributed by atoms with Gasteiger partial charge in [0.05, 0.1) is 0 Å². The molecule has 0 amide bonds. The fourth-order valence-corrected chi connectivity index (χ4v) is 2.90.